The zero-order valence-corrected chi connectivity index (χ0v) is 12.7. The molecule has 0 bridgehead atoms. The molecule has 0 aliphatic rings. The molecule has 1 aromatic carbocycles. The van der Waals surface area contributed by atoms with E-state index in [1.165, 1.54) is 7.11 Å². The lowest BCUT2D eigenvalue weighted by atomic mass is 9.83. The van der Waals surface area contributed by atoms with Crippen LogP contribution >= 0.6 is 0 Å². The van der Waals surface area contributed by atoms with Crippen LogP contribution in [0.4, 0.5) is 0 Å². The fraction of sp³-hybridized carbons (Fsp3) is 0.562. The fourth-order valence-electron chi connectivity index (χ4n) is 2.21. The maximum atomic E-state index is 11.8. The molecule has 0 aliphatic heterocycles. The molecule has 0 N–H and O–H groups in total. The van der Waals surface area contributed by atoms with Crippen LogP contribution in [0.3, 0.4) is 0 Å². The van der Waals surface area contributed by atoms with E-state index in [2.05, 4.69) is 26.8 Å². The van der Waals surface area contributed by atoms with E-state index in [9.17, 15) is 4.79 Å². The summed E-state index contributed by atoms with van der Waals surface area (Å²) in [6, 6.07) is 5.94. The zero-order chi connectivity index (χ0) is 14.6. The lowest BCUT2D eigenvalue weighted by molar-refractivity contribution is -0.142. The standard InChI is InChI=1S/C16H24O3/c1-7-12(15(17)19-6)11-8-9-14(18-5)13(10-11)16(2,3)4/h8-10,12H,7H2,1-6H3. The summed E-state index contributed by atoms with van der Waals surface area (Å²) in [6.45, 7) is 8.39. The Morgan fingerprint density at radius 1 is 1.26 bits per heavy atom. The first kappa shape index (κ1) is 15.5. The minimum Gasteiger partial charge on any atom is -0.496 e. The van der Waals surface area contributed by atoms with Crippen LogP contribution in [0.15, 0.2) is 18.2 Å². The molecule has 0 radical (unpaired) electrons. The Kier molecular flexibility index (Phi) is 4.98. The highest BCUT2D eigenvalue weighted by atomic mass is 16.5. The van der Waals surface area contributed by atoms with Gasteiger partial charge in [0, 0.05) is 0 Å². The first-order valence-corrected chi connectivity index (χ1v) is 6.61. The van der Waals surface area contributed by atoms with Gasteiger partial charge >= 0.3 is 5.97 Å². The Hall–Kier alpha value is -1.51. The van der Waals surface area contributed by atoms with E-state index in [0.29, 0.717) is 0 Å². The highest BCUT2D eigenvalue weighted by Gasteiger charge is 2.24. The molecule has 3 nitrogen and oxygen atoms in total. The van der Waals surface area contributed by atoms with Gasteiger partial charge in [0.15, 0.2) is 0 Å². The number of carbonyl (C=O) groups excluding carboxylic acids is 1. The third kappa shape index (κ3) is 3.49. The summed E-state index contributed by atoms with van der Waals surface area (Å²) in [6.07, 6.45) is 0.725. The number of methoxy groups -OCH3 is 2. The van der Waals surface area contributed by atoms with Gasteiger partial charge in [-0.25, -0.2) is 0 Å². The topological polar surface area (TPSA) is 35.5 Å². The summed E-state index contributed by atoms with van der Waals surface area (Å²) >= 11 is 0. The van der Waals surface area contributed by atoms with E-state index in [1.807, 2.05) is 19.1 Å². The Balaban J connectivity index is 3.28. The first-order valence-electron chi connectivity index (χ1n) is 6.61. The smallest absolute Gasteiger partial charge is 0.313 e. The number of esters is 1. The number of benzene rings is 1. The summed E-state index contributed by atoms with van der Waals surface area (Å²) in [7, 11) is 3.10. The van der Waals surface area contributed by atoms with Crippen molar-refractivity contribution in [2.75, 3.05) is 14.2 Å². The second kappa shape index (κ2) is 6.09. The van der Waals surface area contributed by atoms with Crippen molar-refractivity contribution in [3.05, 3.63) is 29.3 Å². The highest BCUT2D eigenvalue weighted by molar-refractivity contribution is 5.78. The predicted molar refractivity (Wildman–Crippen MR) is 76.7 cm³/mol. The number of ether oxygens (including phenoxy) is 2. The van der Waals surface area contributed by atoms with Crippen LogP contribution in [0.2, 0.25) is 0 Å². The van der Waals surface area contributed by atoms with E-state index in [4.69, 9.17) is 9.47 Å². The summed E-state index contributed by atoms with van der Waals surface area (Å²) in [5, 5.41) is 0. The molecule has 1 unspecified atom stereocenters. The third-order valence-electron chi connectivity index (χ3n) is 3.33. The third-order valence-corrected chi connectivity index (χ3v) is 3.33. The second-order valence-electron chi connectivity index (χ2n) is 5.69. The van der Waals surface area contributed by atoms with Crippen LogP contribution in [0.1, 0.15) is 51.2 Å². The molecule has 3 heteroatoms. The number of carbonyl (C=O) groups is 1. The van der Waals surface area contributed by atoms with E-state index >= 15 is 0 Å². The maximum absolute atomic E-state index is 11.8. The van der Waals surface area contributed by atoms with Crippen molar-refractivity contribution in [2.45, 2.75) is 45.4 Å². The minimum absolute atomic E-state index is 0.0320. The molecule has 0 fully saturated rings. The van der Waals surface area contributed by atoms with Gasteiger partial charge in [-0.15, -0.1) is 0 Å². The molecule has 0 aromatic heterocycles. The Morgan fingerprint density at radius 3 is 2.32 bits per heavy atom. The summed E-state index contributed by atoms with van der Waals surface area (Å²) < 4.78 is 10.3. The highest BCUT2D eigenvalue weighted by Crippen LogP contribution is 2.34. The van der Waals surface area contributed by atoms with Crippen molar-refractivity contribution in [1.82, 2.24) is 0 Å². The van der Waals surface area contributed by atoms with Gasteiger partial charge < -0.3 is 9.47 Å². The molecule has 106 valence electrons. The first-order chi connectivity index (χ1) is 8.85. The fourth-order valence-corrected chi connectivity index (χ4v) is 2.21. The van der Waals surface area contributed by atoms with Crippen molar-refractivity contribution in [3.63, 3.8) is 0 Å². The van der Waals surface area contributed by atoms with Gasteiger partial charge in [-0.05, 0) is 29.0 Å². The second-order valence-corrected chi connectivity index (χ2v) is 5.69. The lowest BCUT2D eigenvalue weighted by Gasteiger charge is -2.24. The van der Waals surface area contributed by atoms with Gasteiger partial charge in [0.2, 0.25) is 0 Å². The predicted octanol–water partition coefficient (Wildman–Crippen LogP) is 3.66. The van der Waals surface area contributed by atoms with Crippen molar-refractivity contribution < 1.29 is 14.3 Å². The molecule has 0 saturated heterocycles. The largest absolute Gasteiger partial charge is 0.496 e. The van der Waals surface area contributed by atoms with Crippen molar-refractivity contribution in [2.24, 2.45) is 0 Å². The van der Waals surface area contributed by atoms with Gasteiger partial charge in [0.25, 0.3) is 0 Å². The lowest BCUT2D eigenvalue weighted by Crippen LogP contribution is -2.17. The van der Waals surface area contributed by atoms with Gasteiger partial charge in [-0.3, -0.25) is 4.79 Å². The van der Waals surface area contributed by atoms with Crippen molar-refractivity contribution in [3.8, 4) is 5.75 Å². The average molecular weight is 264 g/mol. The number of hydrogen-bond donors (Lipinski definition) is 0. The van der Waals surface area contributed by atoms with Crippen LogP contribution in [0, 0.1) is 0 Å². The molecule has 0 spiro atoms. The van der Waals surface area contributed by atoms with Gasteiger partial charge in [0.1, 0.15) is 5.75 Å². The molecule has 1 aromatic rings. The molecular formula is C16H24O3. The molecule has 0 amide bonds. The van der Waals surface area contributed by atoms with Crippen molar-refractivity contribution >= 4 is 5.97 Å². The molecule has 19 heavy (non-hydrogen) atoms. The van der Waals surface area contributed by atoms with Gasteiger partial charge in [0.05, 0.1) is 20.1 Å². The minimum atomic E-state index is -0.211. The maximum Gasteiger partial charge on any atom is 0.313 e. The Morgan fingerprint density at radius 2 is 1.89 bits per heavy atom. The summed E-state index contributed by atoms with van der Waals surface area (Å²) in [5.41, 5.74) is 2.06. The van der Waals surface area contributed by atoms with Crippen LogP contribution in [-0.2, 0) is 14.9 Å². The van der Waals surface area contributed by atoms with Gasteiger partial charge in [-0.2, -0.15) is 0 Å². The van der Waals surface area contributed by atoms with E-state index in [1.54, 1.807) is 7.11 Å². The monoisotopic (exact) mass is 264 g/mol. The molecule has 0 saturated carbocycles. The molecule has 1 rings (SSSR count). The van der Waals surface area contributed by atoms with Crippen LogP contribution < -0.4 is 4.74 Å². The molecule has 0 aliphatic carbocycles. The SMILES string of the molecule is CCC(C(=O)OC)c1ccc(OC)c(C(C)(C)C)c1. The quantitative estimate of drug-likeness (QED) is 0.779. The Bertz CT molecular complexity index is 444. The van der Waals surface area contributed by atoms with Crippen LogP contribution in [-0.4, -0.2) is 20.2 Å². The normalized spacial score (nSPS) is 12.9. The Labute approximate surface area is 115 Å². The molecular weight excluding hydrogens is 240 g/mol. The van der Waals surface area contributed by atoms with Gasteiger partial charge in [-0.1, -0.05) is 39.8 Å². The molecule has 1 atom stereocenters. The summed E-state index contributed by atoms with van der Waals surface area (Å²) in [4.78, 5) is 11.8. The zero-order valence-electron chi connectivity index (χ0n) is 12.7. The molecule has 0 heterocycles. The van der Waals surface area contributed by atoms with E-state index in [0.717, 1.165) is 23.3 Å². The average Bonchev–Trinajstić information content (AvgIpc) is 2.38. The summed E-state index contributed by atoms with van der Waals surface area (Å²) in [5.74, 6) is 0.459. The van der Waals surface area contributed by atoms with E-state index < -0.39 is 0 Å². The van der Waals surface area contributed by atoms with Crippen molar-refractivity contribution in [1.29, 1.82) is 0 Å². The number of rotatable bonds is 4. The number of hydrogen-bond acceptors (Lipinski definition) is 3. The van der Waals surface area contributed by atoms with E-state index in [-0.39, 0.29) is 17.3 Å². The van der Waals surface area contributed by atoms with Crippen LogP contribution in [0.25, 0.3) is 0 Å². The van der Waals surface area contributed by atoms with Crippen LogP contribution in [0.5, 0.6) is 5.75 Å².